The van der Waals surface area contributed by atoms with Crippen molar-refractivity contribution in [1.29, 1.82) is 0 Å². The standard InChI is InChI=1S/C13H23N3OS/c1-4-10(7-14)6-12(17)16-9(3)13-15-8-11(5-2)18-13/h8-10H,4-7,14H2,1-3H3,(H,16,17). The molecule has 0 spiro atoms. The highest BCUT2D eigenvalue weighted by Gasteiger charge is 2.15. The number of rotatable bonds is 7. The molecule has 0 aliphatic carbocycles. The number of carbonyl (C=O) groups excluding carboxylic acids is 1. The predicted octanol–water partition coefficient (Wildman–Crippen LogP) is 2.26. The Kier molecular flexibility index (Phi) is 6.29. The number of thiazole rings is 1. The second-order valence-electron chi connectivity index (χ2n) is 4.52. The molecule has 4 nitrogen and oxygen atoms in total. The van der Waals surface area contributed by atoms with Crippen molar-refractivity contribution in [2.24, 2.45) is 11.7 Å². The quantitative estimate of drug-likeness (QED) is 0.798. The van der Waals surface area contributed by atoms with Gasteiger partial charge in [-0.05, 0) is 25.8 Å². The molecular weight excluding hydrogens is 246 g/mol. The van der Waals surface area contributed by atoms with Crippen molar-refractivity contribution in [1.82, 2.24) is 10.3 Å². The van der Waals surface area contributed by atoms with E-state index in [0.29, 0.717) is 13.0 Å². The van der Waals surface area contributed by atoms with Crippen LogP contribution in [0.1, 0.15) is 49.5 Å². The normalized spacial score (nSPS) is 14.2. The van der Waals surface area contributed by atoms with Crippen LogP contribution in [-0.2, 0) is 11.2 Å². The number of hydrogen-bond acceptors (Lipinski definition) is 4. The highest BCUT2D eigenvalue weighted by Crippen LogP contribution is 2.20. The Morgan fingerprint density at radius 1 is 1.56 bits per heavy atom. The molecule has 0 aliphatic heterocycles. The molecule has 5 heteroatoms. The van der Waals surface area contributed by atoms with Gasteiger partial charge in [-0.25, -0.2) is 4.98 Å². The number of carbonyl (C=O) groups is 1. The first-order valence-corrected chi connectivity index (χ1v) is 7.36. The van der Waals surface area contributed by atoms with E-state index in [1.807, 2.05) is 13.1 Å². The van der Waals surface area contributed by atoms with Crippen LogP contribution in [0.2, 0.25) is 0 Å². The molecule has 2 unspecified atom stereocenters. The summed E-state index contributed by atoms with van der Waals surface area (Å²) >= 11 is 1.66. The van der Waals surface area contributed by atoms with Crippen LogP contribution in [0.4, 0.5) is 0 Å². The molecule has 102 valence electrons. The van der Waals surface area contributed by atoms with E-state index in [2.05, 4.69) is 24.1 Å². The van der Waals surface area contributed by atoms with E-state index in [0.717, 1.165) is 17.8 Å². The lowest BCUT2D eigenvalue weighted by Crippen LogP contribution is -2.30. The Hall–Kier alpha value is -0.940. The molecule has 1 heterocycles. The van der Waals surface area contributed by atoms with Crippen LogP contribution in [0.3, 0.4) is 0 Å². The van der Waals surface area contributed by atoms with Crippen molar-refractivity contribution < 1.29 is 4.79 Å². The van der Waals surface area contributed by atoms with Crippen LogP contribution >= 0.6 is 11.3 Å². The fourth-order valence-corrected chi connectivity index (χ4v) is 2.56. The number of aromatic nitrogens is 1. The number of hydrogen-bond donors (Lipinski definition) is 2. The molecule has 0 saturated carbocycles. The molecular formula is C13H23N3OS. The van der Waals surface area contributed by atoms with E-state index in [1.54, 1.807) is 11.3 Å². The summed E-state index contributed by atoms with van der Waals surface area (Å²) in [4.78, 5) is 17.4. The zero-order chi connectivity index (χ0) is 13.5. The van der Waals surface area contributed by atoms with Gasteiger partial charge in [-0.3, -0.25) is 4.79 Å². The molecule has 0 bridgehead atoms. The molecule has 18 heavy (non-hydrogen) atoms. The molecule has 1 rings (SSSR count). The third-order valence-electron chi connectivity index (χ3n) is 3.05. The molecule has 1 amide bonds. The summed E-state index contributed by atoms with van der Waals surface area (Å²) < 4.78 is 0. The van der Waals surface area contributed by atoms with E-state index < -0.39 is 0 Å². The minimum Gasteiger partial charge on any atom is -0.347 e. The maximum absolute atomic E-state index is 11.8. The van der Waals surface area contributed by atoms with E-state index >= 15 is 0 Å². The Bertz CT molecular complexity index is 374. The third-order valence-corrected chi connectivity index (χ3v) is 4.38. The summed E-state index contributed by atoms with van der Waals surface area (Å²) in [5.41, 5.74) is 5.60. The zero-order valence-electron chi connectivity index (χ0n) is 11.4. The largest absolute Gasteiger partial charge is 0.347 e. The summed E-state index contributed by atoms with van der Waals surface area (Å²) in [6.45, 7) is 6.70. The minimum atomic E-state index is -0.0157. The molecule has 2 atom stereocenters. The average molecular weight is 269 g/mol. The summed E-state index contributed by atoms with van der Waals surface area (Å²) in [6.07, 6.45) is 4.32. The molecule has 0 aliphatic rings. The Balaban J connectivity index is 2.48. The number of nitrogens with zero attached hydrogens (tertiary/aromatic N) is 1. The van der Waals surface area contributed by atoms with Crippen LogP contribution in [0.25, 0.3) is 0 Å². The molecule has 1 aromatic heterocycles. The van der Waals surface area contributed by atoms with E-state index in [1.165, 1.54) is 4.88 Å². The first kappa shape index (κ1) is 15.1. The third kappa shape index (κ3) is 4.38. The highest BCUT2D eigenvalue weighted by molar-refractivity contribution is 7.11. The Labute approximate surface area is 113 Å². The lowest BCUT2D eigenvalue weighted by Gasteiger charge is -2.15. The van der Waals surface area contributed by atoms with Gasteiger partial charge in [0.1, 0.15) is 5.01 Å². The SMILES string of the molecule is CCc1cnc(C(C)NC(=O)CC(CC)CN)s1. The lowest BCUT2D eigenvalue weighted by molar-refractivity contribution is -0.122. The first-order chi connectivity index (χ1) is 8.60. The fourth-order valence-electron chi connectivity index (χ4n) is 1.70. The van der Waals surface area contributed by atoms with E-state index in [-0.39, 0.29) is 17.9 Å². The van der Waals surface area contributed by atoms with Crippen molar-refractivity contribution in [3.8, 4) is 0 Å². The Morgan fingerprint density at radius 3 is 2.78 bits per heavy atom. The minimum absolute atomic E-state index is 0.0157. The smallest absolute Gasteiger partial charge is 0.220 e. The molecule has 0 fully saturated rings. The molecule has 3 N–H and O–H groups in total. The number of nitrogens with one attached hydrogen (secondary N) is 1. The average Bonchev–Trinajstić information content (AvgIpc) is 2.84. The summed E-state index contributed by atoms with van der Waals surface area (Å²) in [6, 6.07) is -0.0157. The lowest BCUT2D eigenvalue weighted by atomic mass is 10.0. The summed E-state index contributed by atoms with van der Waals surface area (Å²) in [5, 5.41) is 3.96. The van der Waals surface area contributed by atoms with Gasteiger partial charge in [-0.1, -0.05) is 20.3 Å². The van der Waals surface area contributed by atoms with Gasteiger partial charge in [0, 0.05) is 17.5 Å². The van der Waals surface area contributed by atoms with Crippen molar-refractivity contribution in [2.75, 3.05) is 6.54 Å². The van der Waals surface area contributed by atoms with Crippen LogP contribution in [-0.4, -0.2) is 17.4 Å². The van der Waals surface area contributed by atoms with Gasteiger partial charge < -0.3 is 11.1 Å². The summed E-state index contributed by atoms with van der Waals surface area (Å²) in [5.74, 6) is 0.341. The maximum Gasteiger partial charge on any atom is 0.220 e. The van der Waals surface area contributed by atoms with Gasteiger partial charge in [0.15, 0.2) is 0 Å². The Morgan fingerprint density at radius 2 is 2.28 bits per heavy atom. The van der Waals surface area contributed by atoms with Crippen molar-refractivity contribution in [3.63, 3.8) is 0 Å². The monoisotopic (exact) mass is 269 g/mol. The topological polar surface area (TPSA) is 68.0 Å². The van der Waals surface area contributed by atoms with Crippen molar-refractivity contribution in [2.45, 2.75) is 46.1 Å². The highest BCUT2D eigenvalue weighted by atomic mass is 32.1. The summed E-state index contributed by atoms with van der Waals surface area (Å²) in [7, 11) is 0. The molecule has 1 aromatic rings. The van der Waals surface area contributed by atoms with E-state index in [4.69, 9.17) is 5.73 Å². The second-order valence-corrected chi connectivity index (χ2v) is 5.67. The van der Waals surface area contributed by atoms with Crippen LogP contribution in [0, 0.1) is 5.92 Å². The number of nitrogens with two attached hydrogens (primary N) is 1. The second kappa shape index (κ2) is 7.48. The van der Waals surface area contributed by atoms with Crippen molar-refractivity contribution in [3.05, 3.63) is 16.1 Å². The van der Waals surface area contributed by atoms with Crippen LogP contribution in [0.5, 0.6) is 0 Å². The van der Waals surface area contributed by atoms with Gasteiger partial charge in [0.25, 0.3) is 0 Å². The van der Waals surface area contributed by atoms with Gasteiger partial charge in [0.2, 0.25) is 5.91 Å². The van der Waals surface area contributed by atoms with Crippen LogP contribution in [0.15, 0.2) is 6.20 Å². The maximum atomic E-state index is 11.8. The number of amides is 1. The predicted molar refractivity (Wildman–Crippen MR) is 75.5 cm³/mol. The van der Waals surface area contributed by atoms with E-state index in [9.17, 15) is 4.79 Å². The first-order valence-electron chi connectivity index (χ1n) is 6.54. The molecule has 0 aromatic carbocycles. The van der Waals surface area contributed by atoms with Gasteiger partial charge in [-0.2, -0.15) is 0 Å². The van der Waals surface area contributed by atoms with Crippen LogP contribution < -0.4 is 11.1 Å². The zero-order valence-corrected chi connectivity index (χ0v) is 12.2. The number of aryl methyl sites for hydroxylation is 1. The van der Waals surface area contributed by atoms with Gasteiger partial charge in [0.05, 0.1) is 6.04 Å². The fraction of sp³-hybridized carbons (Fsp3) is 0.692. The molecule has 0 radical (unpaired) electrons. The molecule has 0 saturated heterocycles. The van der Waals surface area contributed by atoms with Crippen molar-refractivity contribution >= 4 is 17.2 Å². The van der Waals surface area contributed by atoms with Gasteiger partial charge in [-0.15, -0.1) is 11.3 Å². The van der Waals surface area contributed by atoms with Gasteiger partial charge >= 0.3 is 0 Å².